The van der Waals surface area contributed by atoms with E-state index in [1.165, 1.54) is 12.1 Å². The van der Waals surface area contributed by atoms with Crippen LogP contribution < -0.4 is 0 Å². The molecule has 0 saturated heterocycles. The van der Waals surface area contributed by atoms with Gasteiger partial charge in [0.25, 0.3) is 10.0 Å². The summed E-state index contributed by atoms with van der Waals surface area (Å²) in [5, 5.41) is 14.9. The Morgan fingerprint density at radius 1 is 1.16 bits per heavy atom. The van der Waals surface area contributed by atoms with Crippen LogP contribution in [0.25, 0.3) is 10.9 Å². The van der Waals surface area contributed by atoms with Crippen LogP contribution in [0.1, 0.15) is 12.5 Å². The molecule has 0 fully saturated rings. The average Bonchev–Trinajstić information content (AvgIpc) is 2.83. The maximum atomic E-state index is 12.3. The molecule has 0 aliphatic rings. The number of aryl methyl sites for hydroxylation is 2. The van der Waals surface area contributed by atoms with E-state index in [1.54, 1.807) is 22.8 Å². The second-order valence-electron chi connectivity index (χ2n) is 5.55. The molecule has 1 heterocycles. The normalized spacial score (nSPS) is 12.3. The van der Waals surface area contributed by atoms with Crippen molar-refractivity contribution in [3.63, 3.8) is 0 Å². The molecular weight excluding hydrogens is 406 g/mol. The van der Waals surface area contributed by atoms with E-state index in [2.05, 4.69) is 25.6 Å². The highest BCUT2D eigenvalue weighted by molar-refractivity contribution is 9.10. The number of hydrogen-bond acceptors (Lipinski definition) is 4. The minimum atomic E-state index is -3.94. The van der Waals surface area contributed by atoms with Gasteiger partial charge in [-0.15, -0.1) is 5.11 Å². The molecule has 0 aliphatic carbocycles. The fourth-order valence-electron chi connectivity index (χ4n) is 2.57. The lowest BCUT2D eigenvalue weighted by molar-refractivity contribution is 0.427. The minimum Gasteiger partial charge on any atom is -0.493 e. The molecule has 0 spiro atoms. The predicted molar refractivity (Wildman–Crippen MR) is 99.9 cm³/mol. The summed E-state index contributed by atoms with van der Waals surface area (Å²) in [6, 6.07) is 11.8. The quantitative estimate of drug-likeness (QED) is 0.607. The maximum Gasteiger partial charge on any atom is 0.299 e. The van der Waals surface area contributed by atoms with E-state index < -0.39 is 10.0 Å². The summed E-state index contributed by atoms with van der Waals surface area (Å²) >= 11 is 3.37. The van der Waals surface area contributed by atoms with Crippen LogP contribution in [0.2, 0.25) is 0 Å². The molecule has 6 nitrogen and oxygen atoms in total. The molecule has 0 atom stereocenters. The Labute approximate surface area is 154 Å². The van der Waals surface area contributed by atoms with Gasteiger partial charge < -0.3 is 9.67 Å². The van der Waals surface area contributed by atoms with E-state index in [4.69, 9.17) is 0 Å². The van der Waals surface area contributed by atoms with Crippen LogP contribution in [0.4, 0.5) is 5.69 Å². The molecule has 0 unspecified atom stereocenters. The molecule has 8 heteroatoms. The van der Waals surface area contributed by atoms with Crippen LogP contribution in [0, 0.1) is 6.92 Å². The molecule has 0 saturated carbocycles. The van der Waals surface area contributed by atoms with Crippen LogP contribution >= 0.6 is 15.9 Å². The molecule has 1 aromatic heterocycles. The molecule has 0 bridgehead atoms. The van der Waals surface area contributed by atoms with Crippen LogP contribution in [0.5, 0.6) is 5.88 Å². The zero-order valence-corrected chi connectivity index (χ0v) is 16.0. The van der Waals surface area contributed by atoms with E-state index >= 15 is 0 Å². The standard InChI is InChI=1S/C17H16BrN3O3S/c1-3-21-15-9-6-12(18)10-14(15)16(17(21)22)19-20-25(23,24)13-7-4-11(2)5-8-13/h4-10,22H,3H2,1-2H3. The van der Waals surface area contributed by atoms with Crippen molar-refractivity contribution in [2.24, 2.45) is 9.63 Å². The Hall–Kier alpha value is -2.19. The Kier molecular flexibility index (Phi) is 4.66. The van der Waals surface area contributed by atoms with Crippen molar-refractivity contribution < 1.29 is 13.5 Å². The number of sulfonamides is 1. The van der Waals surface area contributed by atoms with Crippen LogP contribution in [-0.4, -0.2) is 18.1 Å². The van der Waals surface area contributed by atoms with E-state index in [1.807, 2.05) is 26.0 Å². The first-order valence-corrected chi connectivity index (χ1v) is 9.82. The van der Waals surface area contributed by atoms with E-state index in [-0.39, 0.29) is 16.5 Å². The van der Waals surface area contributed by atoms with Gasteiger partial charge in [-0.25, -0.2) is 0 Å². The van der Waals surface area contributed by atoms with E-state index in [0.29, 0.717) is 11.9 Å². The number of aromatic hydroxyl groups is 1. The average molecular weight is 422 g/mol. The van der Waals surface area contributed by atoms with Gasteiger partial charge in [0.05, 0.1) is 10.4 Å². The van der Waals surface area contributed by atoms with Gasteiger partial charge >= 0.3 is 0 Å². The summed E-state index contributed by atoms with van der Waals surface area (Å²) in [6.45, 7) is 4.27. The Morgan fingerprint density at radius 2 is 1.84 bits per heavy atom. The van der Waals surface area contributed by atoms with Gasteiger partial charge in [0.1, 0.15) is 0 Å². The Bertz CT molecular complexity index is 1070. The molecule has 3 aromatic rings. The summed E-state index contributed by atoms with van der Waals surface area (Å²) in [6.07, 6.45) is 0. The molecule has 1 N–H and O–H groups in total. The number of halogens is 1. The third-order valence-electron chi connectivity index (χ3n) is 3.86. The molecule has 0 amide bonds. The van der Waals surface area contributed by atoms with Gasteiger partial charge in [0, 0.05) is 16.4 Å². The lowest BCUT2D eigenvalue weighted by Crippen LogP contribution is -1.95. The van der Waals surface area contributed by atoms with Crippen molar-refractivity contribution >= 4 is 42.5 Å². The SMILES string of the molecule is CCn1c(O)c(N=NS(=O)(=O)c2ccc(C)cc2)c2cc(Br)ccc21. The Balaban J connectivity index is 2.11. The van der Waals surface area contributed by atoms with Crippen LogP contribution in [0.3, 0.4) is 0 Å². The number of hydrogen-bond donors (Lipinski definition) is 1. The number of rotatable bonds is 4. The topological polar surface area (TPSA) is 84.0 Å². The summed E-state index contributed by atoms with van der Waals surface area (Å²) in [4.78, 5) is 0.0572. The Morgan fingerprint density at radius 3 is 2.48 bits per heavy atom. The van der Waals surface area contributed by atoms with Crippen molar-refractivity contribution in [2.75, 3.05) is 0 Å². The first-order chi connectivity index (χ1) is 11.8. The largest absolute Gasteiger partial charge is 0.493 e. The third kappa shape index (κ3) is 3.32. The van der Waals surface area contributed by atoms with Crippen LogP contribution in [-0.2, 0) is 16.6 Å². The van der Waals surface area contributed by atoms with Crippen LogP contribution in [0.15, 0.2) is 61.5 Å². The highest BCUT2D eigenvalue weighted by atomic mass is 79.9. The number of nitrogens with zero attached hydrogens (tertiary/aromatic N) is 3. The number of aromatic nitrogens is 1. The zero-order chi connectivity index (χ0) is 18.2. The van der Waals surface area contributed by atoms with Gasteiger partial charge in [0.15, 0.2) is 5.69 Å². The van der Waals surface area contributed by atoms with Gasteiger partial charge in [-0.05, 0) is 44.2 Å². The van der Waals surface area contributed by atoms with E-state index in [0.717, 1.165) is 15.6 Å². The monoisotopic (exact) mass is 421 g/mol. The van der Waals surface area contributed by atoms with Crippen molar-refractivity contribution in [1.29, 1.82) is 0 Å². The first kappa shape index (κ1) is 17.6. The molecular formula is C17H16BrN3O3S. The highest BCUT2D eigenvalue weighted by Gasteiger charge is 2.18. The predicted octanol–water partition coefficient (Wildman–Crippen LogP) is 4.91. The highest BCUT2D eigenvalue weighted by Crippen LogP contribution is 2.40. The van der Waals surface area contributed by atoms with Gasteiger partial charge in [-0.1, -0.05) is 38.1 Å². The third-order valence-corrected chi connectivity index (χ3v) is 5.51. The molecule has 2 aromatic carbocycles. The number of benzene rings is 2. The second kappa shape index (κ2) is 6.61. The summed E-state index contributed by atoms with van der Waals surface area (Å²) in [5.41, 5.74) is 1.84. The smallest absolute Gasteiger partial charge is 0.299 e. The van der Waals surface area contributed by atoms with Crippen molar-refractivity contribution in [3.05, 3.63) is 52.5 Å². The lowest BCUT2D eigenvalue weighted by Gasteiger charge is -2.01. The fraction of sp³-hybridized carbons (Fsp3) is 0.176. The van der Waals surface area contributed by atoms with Gasteiger partial charge in [-0.3, -0.25) is 0 Å². The number of fused-ring (bicyclic) bond motifs is 1. The maximum absolute atomic E-state index is 12.3. The summed E-state index contributed by atoms with van der Waals surface area (Å²) < 4.78 is 30.7. The zero-order valence-electron chi connectivity index (χ0n) is 13.6. The van der Waals surface area contributed by atoms with Crippen molar-refractivity contribution in [2.45, 2.75) is 25.3 Å². The molecule has 0 aliphatic heterocycles. The van der Waals surface area contributed by atoms with Crippen molar-refractivity contribution in [1.82, 2.24) is 4.57 Å². The molecule has 3 rings (SSSR count). The molecule has 25 heavy (non-hydrogen) atoms. The lowest BCUT2D eigenvalue weighted by atomic mass is 10.2. The van der Waals surface area contributed by atoms with Crippen molar-refractivity contribution in [3.8, 4) is 5.88 Å². The minimum absolute atomic E-state index is 0.0572. The fourth-order valence-corrected chi connectivity index (χ4v) is 3.69. The van der Waals surface area contributed by atoms with E-state index in [9.17, 15) is 13.5 Å². The molecule has 0 radical (unpaired) electrons. The summed E-state index contributed by atoms with van der Waals surface area (Å²) in [5.74, 6) is -0.113. The second-order valence-corrected chi connectivity index (χ2v) is 8.05. The summed E-state index contributed by atoms with van der Waals surface area (Å²) in [7, 11) is -3.94. The molecule has 130 valence electrons. The van der Waals surface area contributed by atoms with Gasteiger partial charge in [0.2, 0.25) is 5.88 Å². The first-order valence-electron chi connectivity index (χ1n) is 7.59. The van der Waals surface area contributed by atoms with Gasteiger partial charge in [-0.2, -0.15) is 8.42 Å².